The minimum absolute atomic E-state index is 0.0362. The van der Waals surface area contributed by atoms with Gasteiger partial charge < -0.3 is 13.6 Å². The van der Waals surface area contributed by atoms with E-state index in [1.165, 1.54) is 11.1 Å². The van der Waals surface area contributed by atoms with Gasteiger partial charge in [0.15, 0.2) is 16.6 Å². The number of esters is 1. The van der Waals surface area contributed by atoms with Crippen LogP contribution in [0.3, 0.4) is 0 Å². The van der Waals surface area contributed by atoms with Crippen LogP contribution in [-0.2, 0) is 18.4 Å². The molecule has 0 aromatic heterocycles. The molecule has 0 N–H and O–H groups in total. The Morgan fingerprint density at radius 3 is 2.22 bits per heavy atom. The number of hydrogen-bond acceptors (Lipinski definition) is 4. The van der Waals surface area contributed by atoms with Crippen LogP contribution < -0.4 is 0 Å². The lowest BCUT2D eigenvalue weighted by Crippen LogP contribution is -2.45. The fraction of sp³-hybridized carbons (Fsp3) is 0.710. The lowest BCUT2D eigenvalue weighted by molar-refractivity contribution is -0.141. The Morgan fingerprint density at radius 2 is 1.65 bits per heavy atom. The predicted molar refractivity (Wildman–Crippen MR) is 159 cm³/mol. The van der Waals surface area contributed by atoms with Crippen molar-refractivity contribution < 1.29 is 18.4 Å². The minimum atomic E-state index is -2.03. The summed E-state index contributed by atoms with van der Waals surface area (Å²) in [5.41, 5.74) is 2.56. The molecule has 208 valence electrons. The van der Waals surface area contributed by atoms with Gasteiger partial charge in [0.25, 0.3) is 0 Å². The van der Waals surface area contributed by atoms with Crippen molar-refractivity contribution in [3.05, 3.63) is 47.5 Å². The van der Waals surface area contributed by atoms with E-state index in [-0.39, 0.29) is 52.1 Å². The summed E-state index contributed by atoms with van der Waals surface area (Å²) in [7, 11) is -4.00. The quantitative estimate of drug-likeness (QED) is 0.187. The van der Waals surface area contributed by atoms with Crippen molar-refractivity contribution in [2.45, 2.75) is 129 Å². The highest BCUT2D eigenvalue weighted by Crippen LogP contribution is 2.47. The van der Waals surface area contributed by atoms with Gasteiger partial charge in [-0.2, -0.15) is 0 Å². The van der Waals surface area contributed by atoms with E-state index in [2.05, 4.69) is 118 Å². The molecule has 1 saturated carbocycles. The van der Waals surface area contributed by atoms with Crippen LogP contribution in [0.4, 0.5) is 0 Å². The zero-order valence-corrected chi connectivity index (χ0v) is 27.5. The molecular formula is C31H52O4Si2. The summed E-state index contributed by atoms with van der Waals surface area (Å²) >= 11 is 0. The van der Waals surface area contributed by atoms with Crippen LogP contribution >= 0.6 is 0 Å². The Morgan fingerprint density at radius 1 is 1.03 bits per heavy atom. The van der Waals surface area contributed by atoms with Gasteiger partial charge in [0.1, 0.15) is 6.10 Å². The number of fused-ring (bicyclic) bond motifs is 1. The third-order valence-corrected chi connectivity index (χ3v) is 18.6. The molecule has 0 spiro atoms. The Bertz CT molecular complexity index is 986. The average molecular weight is 545 g/mol. The standard InChI is InChI=1S/C31H52O4Si2/c1-21-14-13-15-23(18-21)22(2)26(34-36(9,10)30(3,4)5)17-16-24-25-19-29(32)33-27(25)20-28(24)35-37(11,12)31(6,7)8/h13-18,22,24-28H,19-20H2,1-12H3/t22-,24-,25-,26-,27+,28-/m1/s1. The van der Waals surface area contributed by atoms with E-state index in [1.54, 1.807) is 0 Å². The van der Waals surface area contributed by atoms with Gasteiger partial charge in [-0.3, -0.25) is 4.79 Å². The molecule has 0 bridgehead atoms. The van der Waals surface area contributed by atoms with Crippen LogP contribution in [0.25, 0.3) is 0 Å². The third kappa shape index (κ3) is 6.87. The van der Waals surface area contributed by atoms with E-state index >= 15 is 0 Å². The van der Waals surface area contributed by atoms with E-state index in [4.69, 9.17) is 13.6 Å². The van der Waals surface area contributed by atoms with E-state index in [0.29, 0.717) is 6.42 Å². The van der Waals surface area contributed by atoms with Crippen molar-refractivity contribution in [1.29, 1.82) is 0 Å². The van der Waals surface area contributed by atoms with E-state index < -0.39 is 16.6 Å². The highest BCUT2D eigenvalue weighted by Gasteiger charge is 2.52. The van der Waals surface area contributed by atoms with E-state index in [0.717, 1.165) is 6.42 Å². The molecule has 1 saturated heterocycles. The fourth-order valence-corrected chi connectivity index (χ4v) is 7.73. The maximum atomic E-state index is 12.2. The first-order valence-corrected chi connectivity index (χ1v) is 19.9. The summed E-state index contributed by atoms with van der Waals surface area (Å²) in [6.07, 6.45) is 5.89. The SMILES string of the molecule is Cc1cccc([C@@H](C)[C@@H](C=C[C@@H]2[C@H]3CC(=O)O[C@H]3C[C@H]2O[Si](C)(C)C(C)(C)C)O[Si](C)(C)C(C)(C)C)c1. The number of carbonyl (C=O) groups excluding carboxylic acids is 1. The molecule has 1 aromatic rings. The Balaban J connectivity index is 1.95. The molecule has 1 aromatic carbocycles. The van der Waals surface area contributed by atoms with Crippen molar-refractivity contribution in [2.75, 3.05) is 0 Å². The van der Waals surface area contributed by atoms with Gasteiger partial charge in [-0.1, -0.05) is 90.4 Å². The van der Waals surface area contributed by atoms with E-state index in [1.807, 2.05) is 0 Å². The molecule has 0 unspecified atom stereocenters. The van der Waals surface area contributed by atoms with Crippen molar-refractivity contribution in [3.8, 4) is 0 Å². The molecule has 1 heterocycles. The molecule has 1 aliphatic carbocycles. The molecular weight excluding hydrogens is 493 g/mol. The minimum Gasteiger partial charge on any atom is -0.462 e. The number of carbonyl (C=O) groups is 1. The van der Waals surface area contributed by atoms with Crippen LogP contribution in [-0.4, -0.2) is 40.9 Å². The van der Waals surface area contributed by atoms with Gasteiger partial charge in [0, 0.05) is 24.2 Å². The number of aryl methyl sites for hydroxylation is 1. The number of rotatable bonds is 8. The zero-order chi connectivity index (χ0) is 28.0. The van der Waals surface area contributed by atoms with Gasteiger partial charge >= 0.3 is 5.97 Å². The molecule has 6 atom stereocenters. The molecule has 3 rings (SSSR count). The van der Waals surface area contributed by atoms with Crippen LogP contribution in [0.15, 0.2) is 36.4 Å². The molecule has 4 nitrogen and oxygen atoms in total. The van der Waals surface area contributed by atoms with Crippen molar-refractivity contribution in [1.82, 2.24) is 0 Å². The normalized spacial score (nSPS) is 26.9. The highest BCUT2D eigenvalue weighted by atomic mass is 28.4. The van der Waals surface area contributed by atoms with Crippen molar-refractivity contribution >= 4 is 22.6 Å². The molecule has 1 aliphatic heterocycles. The van der Waals surface area contributed by atoms with Crippen LogP contribution in [0, 0.1) is 18.8 Å². The zero-order valence-electron chi connectivity index (χ0n) is 25.5. The van der Waals surface area contributed by atoms with Crippen LogP contribution in [0.5, 0.6) is 0 Å². The summed E-state index contributed by atoms with van der Waals surface area (Å²) in [5.74, 6) is 0.479. The predicted octanol–water partition coefficient (Wildman–Crippen LogP) is 8.39. The second kappa shape index (κ2) is 10.7. The molecule has 2 aliphatic rings. The second-order valence-corrected chi connectivity index (χ2v) is 24.1. The summed E-state index contributed by atoms with van der Waals surface area (Å²) in [5, 5.41) is 0.243. The highest BCUT2D eigenvalue weighted by molar-refractivity contribution is 6.74. The van der Waals surface area contributed by atoms with Crippen molar-refractivity contribution in [3.63, 3.8) is 0 Å². The van der Waals surface area contributed by atoms with Gasteiger partial charge in [-0.05, 0) is 48.8 Å². The largest absolute Gasteiger partial charge is 0.462 e. The topological polar surface area (TPSA) is 44.8 Å². The molecule has 0 amide bonds. The van der Waals surface area contributed by atoms with E-state index in [9.17, 15) is 4.79 Å². The van der Waals surface area contributed by atoms with Gasteiger partial charge in [0.05, 0.1) is 18.6 Å². The number of ether oxygens (including phenoxy) is 1. The Kier molecular flexibility index (Phi) is 8.81. The Hall–Kier alpha value is -1.22. The number of hydrogen-bond donors (Lipinski definition) is 0. The molecule has 6 heteroatoms. The maximum absolute atomic E-state index is 12.2. The van der Waals surface area contributed by atoms with Gasteiger partial charge in [-0.25, -0.2) is 0 Å². The first-order valence-electron chi connectivity index (χ1n) is 14.1. The fourth-order valence-electron chi connectivity index (χ4n) is 5.05. The lowest BCUT2D eigenvalue weighted by Gasteiger charge is -2.41. The van der Waals surface area contributed by atoms with Gasteiger partial charge in [0.2, 0.25) is 0 Å². The first kappa shape index (κ1) is 30.3. The molecule has 2 fully saturated rings. The van der Waals surface area contributed by atoms with Crippen molar-refractivity contribution in [2.24, 2.45) is 11.8 Å². The average Bonchev–Trinajstić information content (AvgIpc) is 3.24. The maximum Gasteiger partial charge on any atom is 0.306 e. The monoisotopic (exact) mass is 544 g/mol. The molecule has 0 radical (unpaired) electrons. The number of benzene rings is 1. The summed E-state index contributed by atoms with van der Waals surface area (Å²) in [6.45, 7) is 27.5. The summed E-state index contributed by atoms with van der Waals surface area (Å²) in [4.78, 5) is 12.2. The summed E-state index contributed by atoms with van der Waals surface area (Å²) in [6, 6.07) is 8.78. The first-order chi connectivity index (χ1) is 16.8. The van der Waals surface area contributed by atoms with Gasteiger partial charge in [-0.15, -0.1) is 0 Å². The Labute approximate surface area is 228 Å². The van der Waals surface area contributed by atoms with Crippen LogP contribution in [0.1, 0.15) is 78.4 Å². The second-order valence-electron chi connectivity index (χ2n) is 14.6. The summed E-state index contributed by atoms with van der Waals surface area (Å²) < 4.78 is 19.8. The molecule has 37 heavy (non-hydrogen) atoms. The smallest absolute Gasteiger partial charge is 0.306 e. The third-order valence-electron chi connectivity index (χ3n) is 9.62. The van der Waals surface area contributed by atoms with Crippen LogP contribution in [0.2, 0.25) is 36.3 Å². The lowest BCUT2D eigenvalue weighted by atomic mass is 9.89.